The highest BCUT2D eigenvalue weighted by Gasteiger charge is 2.00. The zero-order chi connectivity index (χ0) is 12.2. The highest BCUT2D eigenvalue weighted by Crippen LogP contribution is 2.10. The molecule has 0 bridgehead atoms. The first-order valence-corrected chi connectivity index (χ1v) is 7.78. The van der Waals surface area contributed by atoms with Crippen LogP contribution in [0.5, 0.6) is 0 Å². The molecule has 1 rings (SSSR count). The van der Waals surface area contributed by atoms with Crippen molar-refractivity contribution in [2.75, 3.05) is 6.54 Å². The summed E-state index contributed by atoms with van der Waals surface area (Å²) in [6.45, 7) is 3.56. The van der Waals surface area contributed by atoms with E-state index in [-0.39, 0.29) is 0 Å². The summed E-state index contributed by atoms with van der Waals surface area (Å²) in [6, 6.07) is 0.725. The fourth-order valence-electron chi connectivity index (χ4n) is 2.49. The van der Waals surface area contributed by atoms with Crippen molar-refractivity contribution in [2.24, 2.45) is 0 Å². The first-order valence-electron chi connectivity index (χ1n) is 7.78. The molecule has 0 fully saturated rings. The second-order valence-electron chi connectivity index (χ2n) is 5.52. The minimum absolute atomic E-state index is 0.725. The number of nitrogens with one attached hydrogen (secondary N) is 1. The number of hydrogen-bond acceptors (Lipinski definition) is 1. The highest BCUT2D eigenvalue weighted by molar-refractivity contribution is 4.81. The van der Waals surface area contributed by atoms with Crippen LogP contribution in [-0.4, -0.2) is 12.6 Å². The molecule has 1 unspecified atom stereocenters. The average Bonchev–Trinajstić information content (AvgIpc) is 2.32. The molecule has 0 aromatic rings. The Morgan fingerprint density at radius 1 is 0.765 bits per heavy atom. The first-order chi connectivity index (χ1) is 8.39. The maximum atomic E-state index is 3.65. The van der Waals surface area contributed by atoms with E-state index in [1.807, 2.05) is 0 Å². The fraction of sp³-hybridized carbons (Fsp3) is 0.875. The Morgan fingerprint density at radius 2 is 1.35 bits per heavy atom. The molecule has 0 saturated heterocycles. The van der Waals surface area contributed by atoms with Crippen LogP contribution in [-0.2, 0) is 0 Å². The summed E-state index contributed by atoms with van der Waals surface area (Å²) in [7, 11) is 0. The fourth-order valence-corrected chi connectivity index (χ4v) is 2.49. The highest BCUT2D eigenvalue weighted by atomic mass is 14.9. The molecule has 1 nitrogen and oxygen atoms in total. The predicted molar refractivity (Wildman–Crippen MR) is 77.4 cm³/mol. The van der Waals surface area contributed by atoms with Crippen LogP contribution in [0.4, 0.5) is 0 Å². The van der Waals surface area contributed by atoms with Gasteiger partial charge < -0.3 is 5.32 Å². The van der Waals surface area contributed by atoms with Gasteiger partial charge in [0.1, 0.15) is 0 Å². The molecule has 1 aliphatic heterocycles. The van der Waals surface area contributed by atoms with Gasteiger partial charge in [0.2, 0.25) is 0 Å². The minimum Gasteiger partial charge on any atom is -0.314 e. The van der Waals surface area contributed by atoms with Crippen LogP contribution in [0.25, 0.3) is 0 Å². The summed E-state index contributed by atoms with van der Waals surface area (Å²) in [5, 5.41) is 3.65. The standard InChI is InChI=1S/C16H31N/c1-16-14-12-10-8-6-4-2-3-5-7-9-11-13-15-17-16/h2-3,16-17H,4-15H2,1H3/b3-2+. The van der Waals surface area contributed by atoms with E-state index in [4.69, 9.17) is 0 Å². The first kappa shape index (κ1) is 14.8. The molecule has 1 heterocycles. The molecule has 0 spiro atoms. The van der Waals surface area contributed by atoms with Crippen LogP contribution >= 0.6 is 0 Å². The topological polar surface area (TPSA) is 12.0 Å². The van der Waals surface area contributed by atoms with E-state index in [1.165, 1.54) is 77.2 Å². The zero-order valence-electron chi connectivity index (χ0n) is 11.7. The van der Waals surface area contributed by atoms with Gasteiger partial charge in [-0.15, -0.1) is 0 Å². The van der Waals surface area contributed by atoms with E-state index in [2.05, 4.69) is 24.4 Å². The van der Waals surface area contributed by atoms with Crippen LogP contribution in [0.2, 0.25) is 0 Å². The van der Waals surface area contributed by atoms with E-state index < -0.39 is 0 Å². The summed E-state index contributed by atoms with van der Waals surface area (Å²) in [5.74, 6) is 0. The van der Waals surface area contributed by atoms with Crippen LogP contribution in [0.15, 0.2) is 12.2 Å². The van der Waals surface area contributed by atoms with Gasteiger partial charge in [0, 0.05) is 6.04 Å². The molecular weight excluding hydrogens is 206 g/mol. The van der Waals surface area contributed by atoms with Crippen molar-refractivity contribution in [3.8, 4) is 0 Å². The normalized spacial score (nSPS) is 28.6. The molecule has 1 atom stereocenters. The summed E-state index contributed by atoms with van der Waals surface area (Å²) in [4.78, 5) is 0. The van der Waals surface area contributed by atoms with E-state index in [9.17, 15) is 0 Å². The van der Waals surface area contributed by atoms with Crippen molar-refractivity contribution < 1.29 is 0 Å². The average molecular weight is 237 g/mol. The van der Waals surface area contributed by atoms with Gasteiger partial charge in [-0.1, -0.05) is 44.3 Å². The third kappa shape index (κ3) is 9.41. The van der Waals surface area contributed by atoms with Gasteiger partial charge >= 0.3 is 0 Å². The van der Waals surface area contributed by atoms with Crippen molar-refractivity contribution in [1.82, 2.24) is 5.32 Å². The molecule has 0 saturated carbocycles. The Hall–Kier alpha value is -0.300. The Kier molecular flexibility index (Phi) is 9.40. The molecule has 1 N–H and O–H groups in total. The second-order valence-corrected chi connectivity index (χ2v) is 5.52. The van der Waals surface area contributed by atoms with E-state index in [1.54, 1.807) is 0 Å². The Bertz CT molecular complexity index is 186. The van der Waals surface area contributed by atoms with E-state index >= 15 is 0 Å². The van der Waals surface area contributed by atoms with Gasteiger partial charge in [-0.25, -0.2) is 0 Å². The number of rotatable bonds is 0. The van der Waals surface area contributed by atoms with Crippen molar-refractivity contribution in [1.29, 1.82) is 0 Å². The van der Waals surface area contributed by atoms with Gasteiger partial charge in [0.25, 0.3) is 0 Å². The summed E-state index contributed by atoms with van der Waals surface area (Å²) in [6.07, 6.45) is 19.9. The van der Waals surface area contributed by atoms with Gasteiger partial charge in [-0.2, -0.15) is 0 Å². The molecular formula is C16H31N. The predicted octanol–water partition coefficient (Wildman–Crippen LogP) is 4.83. The molecule has 1 heteroatoms. The lowest BCUT2D eigenvalue weighted by atomic mass is 10.1. The SMILES string of the molecule is CC1CCCCCC/C=C/CCCCCCN1. The van der Waals surface area contributed by atoms with Gasteiger partial charge in [0.05, 0.1) is 0 Å². The lowest BCUT2D eigenvalue weighted by molar-refractivity contribution is 0.468. The number of hydrogen-bond donors (Lipinski definition) is 1. The molecule has 1 aliphatic rings. The van der Waals surface area contributed by atoms with Crippen molar-refractivity contribution in [2.45, 2.75) is 83.6 Å². The Balaban J connectivity index is 2.16. The Labute approximate surface area is 108 Å². The van der Waals surface area contributed by atoms with Gasteiger partial charge in [0.15, 0.2) is 0 Å². The summed E-state index contributed by atoms with van der Waals surface area (Å²) in [5.41, 5.74) is 0. The largest absolute Gasteiger partial charge is 0.314 e. The minimum atomic E-state index is 0.725. The van der Waals surface area contributed by atoms with Crippen LogP contribution in [0.1, 0.15) is 77.6 Å². The lowest BCUT2D eigenvalue weighted by Gasteiger charge is -2.13. The van der Waals surface area contributed by atoms with Crippen LogP contribution in [0, 0.1) is 0 Å². The third-order valence-electron chi connectivity index (χ3n) is 3.71. The van der Waals surface area contributed by atoms with E-state index in [0.717, 1.165) is 6.04 Å². The smallest absolute Gasteiger partial charge is 0.00387 e. The van der Waals surface area contributed by atoms with Gasteiger partial charge in [-0.3, -0.25) is 0 Å². The maximum absolute atomic E-state index is 3.65. The number of allylic oxidation sites excluding steroid dienone is 2. The third-order valence-corrected chi connectivity index (χ3v) is 3.71. The van der Waals surface area contributed by atoms with Crippen LogP contribution in [0.3, 0.4) is 0 Å². The Morgan fingerprint density at radius 3 is 2.06 bits per heavy atom. The maximum Gasteiger partial charge on any atom is 0.00387 e. The van der Waals surface area contributed by atoms with Crippen molar-refractivity contribution in [3.05, 3.63) is 12.2 Å². The molecule has 100 valence electrons. The summed E-state index contributed by atoms with van der Waals surface area (Å²) >= 11 is 0. The molecule has 0 aliphatic carbocycles. The molecule has 0 aromatic carbocycles. The molecule has 17 heavy (non-hydrogen) atoms. The van der Waals surface area contributed by atoms with Crippen LogP contribution < -0.4 is 5.32 Å². The molecule has 0 aromatic heterocycles. The lowest BCUT2D eigenvalue weighted by Crippen LogP contribution is -2.26. The van der Waals surface area contributed by atoms with Crippen molar-refractivity contribution >= 4 is 0 Å². The van der Waals surface area contributed by atoms with Gasteiger partial charge in [-0.05, 0) is 52.0 Å². The molecule has 0 radical (unpaired) electrons. The zero-order valence-corrected chi connectivity index (χ0v) is 11.7. The van der Waals surface area contributed by atoms with Crippen molar-refractivity contribution in [3.63, 3.8) is 0 Å². The molecule has 0 amide bonds. The van der Waals surface area contributed by atoms with E-state index in [0.29, 0.717) is 0 Å². The second kappa shape index (κ2) is 10.8. The monoisotopic (exact) mass is 237 g/mol. The quantitative estimate of drug-likeness (QED) is 0.595. The summed E-state index contributed by atoms with van der Waals surface area (Å²) < 4.78 is 0.